The van der Waals surface area contributed by atoms with Crippen LogP contribution in [0.5, 0.6) is 0 Å². The molecule has 0 fully saturated rings. The molecule has 1 N–H and O–H groups in total. The summed E-state index contributed by atoms with van der Waals surface area (Å²) in [6, 6.07) is 7.51. The third-order valence-corrected chi connectivity index (χ3v) is 4.24. The molecule has 0 unspecified atom stereocenters. The molecule has 0 spiro atoms. The fourth-order valence-electron chi connectivity index (χ4n) is 3.06. The lowest BCUT2D eigenvalue weighted by Gasteiger charge is -2.12. The highest BCUT2D eigenvalue weighted by Gasteiger charge is 2.18. The number of para-hydroxylation sites is 2. The van der Waals surface area contributed by atoms with E-state index in [1.54, 1.807) is 22.4 Å². The Labute approximate surface area is 152 Å². The largest absolute Gasteiger partial charge is 0.481 e. The second-order valence-corrected chi connectivity index (χ2v) is 5.95. The van der Waals surface area contributed by atoms with Gasteiger partial charge in [-0.3, -0.25) is 14.0 Å². The molecule has 4 aromatic rings. The van der Waals surface area contributed by atoms with Crippen molar-refractivity contribution in [2.45, 2.75) is 13.0 Å². The summed E-state index contributed by atoms with van der Waals surface area (Å²) >= 11 is 0. The number of aromatic nitrogens is 6. The van der Waals surface area contributed by atoms with E-state index in [0.717, 1.165) is 11.0 Å². The number of hydrogen-bond donors (Lipinski definition) is 1. The molecule has 0 saturated heterocycles. The first-order valence-corrected chi connectivity index (χ1v) is 8.21. The molecule has 3 heterocycles. The predicted molar refractivity (Wildman–Crippen MR) is 95.1 cm³/mol. The number of carboxylic acids is 1. The molecule has 0 amide bonds. The molecule has 27 heavy (non-hydrogen) atoms. The maximum atomic E-state index is 13.2. The summed E-state index contributed by atoms with van der Waals surface area (Å²) in [6.07, 6.45) is 2.75. The maximum absolute atomic E-state index is 13.2. The number of imidazole rings is 1. The van der Waals surface area contributed by atoms with E-state index in [9.17, 15) is 9.59 Å². The second-order valence-electron chi connectivity index (χ2n) is 5.95. The van der Waals surface area contributed by atoms with Crippen LogP contribution in [0.25, 0.3) is 22.4 Å². The first kappa shape index (κ1) is 16.9. The van der Waals surface area contributed by atoms with E-state index in [0.29, 0.717) is 24.5 Å². The summed E-state index contributed by atoms with van der Waals surface area (Å²) in [6.45, 7) is 0.772. The highest BCUT2D eigenvalue weighted by Crippen LogP contribution is 2.18. The van der Waals surface area contributed by atoms with Crippen molar-refractivity contribution in [3.05, 3.63) is 52.8 Å². The first-order chi connectivity index (χ1) is 13.1. The smallest absolute Gasteiger partial charge is 0.309 e. The monoisotopic (exact) mass is 368 g/mol. The molecule has 3 aromatic heterocycles. The lowest BCUT2D eigenvalue weighted by Crippen LogP contribution is -2.25. The van der Waals surface area contributed by atoms with Gasteiger partial charge in [-0.1, -0.05) is 17.3 Å². The van der Waals surface area contributed by atoms with Crippen molar-refractivity contribution in [1.29, 1.82) is 0 Å². The third-order valence-electron chi connectivity index (χ3n) is 4.24. The second kappa shape index (κ2) is 6.65. The van der Waals surface area contributed by atoms with Crippen molar-refractivity contribution < 1.29 is 14.6 Å². The molecule has 0 saturated carbocycles. The Morgan fingerprint density at radius 1 is 1.26 bits per heavy atom. The van der Waals surface area contributed by atoms with Crippen molar-refractivity contribution in [3.8, 4) is 5.82 Å². The minimum Gasteiger partial charge on any atom is -0.481 e. The van der Waals surface area contributed by atoms with Crippen molar-refractivity contribution in [3.63, 3.8) is 0 Å². The molecule has 0 aliphatic rings. The van der Waals surface area contributed by atoms with Gasteiger partial charge in [0, 0.05) is 13.7 Å². The van der Waals surface area contributed by atoms with E-state index in [2.05, 4.69) is 15.3 Å². The average molecular weight is 368 g/mol. The van der Waals surface area contributed by atoms with Gasteiger partial charge < -0.3 is 14.4 Å². The Kier molecular flexibility index (Phi) is 4.16. The van der Waals surface area contributed by atoms with Gasteiger partial charge in [-0.15, -0.1) is 5.10 Å². The highest BCUT2D eigenvalue weighted by molar-refractivity contribution is 5.80. The quantitative estimate of drug-likeness (QED) is 0.527. The number of carboxylic acid groups (broad SMARTS) is 1. The van der Waals surface area contributed by atoms with Crippen LogP contribution in [0.2, 0.25) is 0 Å². The number of benzene rings is 1. The van der Waals surface area contributed by atoms with Gasteiger partial charge in [-0.2, -0.15) is 4.68 Å². The molecule has 10 nitrogen and oxygen atoms in total. The van der Waals surface area contributed by atoms with E-state index in [4.69, 9.17) is 9.84 Å². The van der Waals surface area contributed by atoms with Gasteiger partial charge in [0.2, 0.25) is 0 Å². The van der Waals surface area contributed by atoms with Gasteiger partial charge in [0.1, 0.15) is 6.33 Å². The molecule has 1 aromatic carbocycles. The molecule has 138 valence electrons. The summed E-state index contributed by atoms with van der Waals surface area (Å²) < 4.78 is 9.79. The zero-order chi connectivity index (χ0) is 19.0. The average Bonchev–Trinajstić information content (AvgIpc) is 3.28. The van der Waals surface area contributed by atoms with Crippen LogP contribution in [0.3, 0.4) is 0 Å². The van der Waals surface area contributed by atoms with Gasteiger partial charge in [0.15, 0.2) is 11.3 Å². The van der Waals surface area contributed by atoms with E-state index in [1.165, 1.54) is 10.9 Å². The van der Waals surface area contributed by atoms with Crippen molar-refractivity contribution in [2.75, 3.05) is 13.7 Å². The van der Waals surface area contributed by atoms with E-state index < -0.39 is 5.97 Å². The van der Waals surface area contributed by atoms with Crippen LogP contribution in [-0.4, -0.2) is 53.7 Å². The standard InChI is InChI=1S/C17H16N6O4/c1-27-7-6-21-12-4-2-3-5-13(12)22-10-18-16(15(22)17(21)26)23-9-11(19-20-23)8-14(24)25/h2-5,9-10H,6-8H2,1H3,(H,24,25). The van der Waals surface area contributed by atoms with E-state index >= 15 is 0 Å². The molecule has 0 aliphatic heterocycles. The lowest BCUT2D eigenvalue weighted by atomic mass is 10.2. The fraction of sp³-hybridized carbons (Fsp3) is 0.235. The summed E-state index contributed by atoms with van der Waals surface area (Å²) in [5, 5.41) is 16.7. The van der Waals surface area contributed by atoms with Gasteiger partial charge in [-0.25, -0.2) is 4.98 Å². The lowest BCUT2D eigenvalue weighted by molar-refractivity contribution is -0.136. The van der Waals surface area contributed by atoms with Crippen LogP contribution in [0.4, 0.5) is 0 Å². The van der Waals surface area contributed by atoms with Gasteiger partial charge in [0.25, 0.3) is 5.56 Å². The van der Waals surface area contributed by atoms with E-state index in [1.807, 2.05) is 24.3 Å². The fourth-order valence-corrected chi connectivity index (χ4v) is 3.06. The number of fused-ring (bicyclic) bond motifs is 3. The number of hydrogen-bond acceptors (Lipinski definition) is 6. The number of methoxy groups -OCH3 is 1. The van der Waals surface area contributed by atoms with Crippen LogP contribution < -0.4 is 5.56 Å². The van der Waals surface area contributed by atoms with Crippen molar-refractivity contribution >= 4 is 22.5 Å². The Morgan fingerprint density at radius 3 is 2.78 bits per heavy atom. The van der Waals surface area contributed by atoms with Crippen LogP contribution in [0.15, 0.2) is 41.6 Å². The minimum absolute atomic E-state index is 0.242. The number of rotatable bonds is 6. The summed E-state index contributed by atoms with van der Waals surface area (Å²) in [7, 11) is 1.58. The zero-order valence-corrected chi connectivity index (χ0v) is 14.4. The molecule has 0 atom stereocenters. The molecule has 4 rings (SSSR count). The maximum Gasteiger partial charge on any atom is 0.309 e. The predicted octanol–water partition coefficient (Wildman–Crippen LogP) is 0.503. The summed E-state index contributed by atoms with van der Waals surface area (Å²) in [4.78, 5) is 28.4. The van der Waals surface area contributed by atoms with Crippen LogP contribution in [-0.2, 0) is 22.5 Å². The van der Waals surface area contributed by atoms with Crippen molar-refractivity contribution in [1.82, 2.24) is 28.9 Å². The summed E-state index contributed by atoms with van der Waals surface area (Å²) in [5.41, 5.74) is 1.95. The zero-order valence-electron chi connectivity index (χ0n) is 14.4. The highest BCUT2D eigenvalue weighted by atomic mass is 16.5. The third kappa shape index (κ3) is 2.85. The molecule has 0 radical (unpaired) electrons. The molecular formula is C17H16N6O4. The molecule has 0 aliphatic carbocycles. The molecule has 10 heteroatoms. The Morgan fingerprint density at radius 2 is 2.04 bits per heavy atom. The van der Waals surface area contributed by atoms with Gasteiger partial charge >= 0.3 is 5.97 Å². The van der Waals surface area contributed by atoms with Crippen LogP contribution in [0, 0.1) is 0 Å². The van der Waals surface area contributed by atoms with Crippen molar-refractivity contribution in [2.24, 2.45) is 0 Å². The van der Waals surface area contributed by atoms with Gasteiger partial charge in [-0.05, 0) is 12.1 Å². The number of nitrogens with zero attached hydrogens (tertiary/aromatic N) is 6. The Bertz CT molecular complexity index is 1210. The van der Waals surface area contributed by atoms with Crippen LogP contribution >= 0.6 is 0 Å². The summed E-state index contributed by atoms with van der Waals surface area (Å²) in [5.74, 6) is -0.717. The number of aliphatic carboxylic acids is 1. The first-order valence-electron chi connectivity index (χ1n) is 8.21. The normalized spacial score (nSPS) is 11.4. The minimum atomic E-state index is -1.01. The number of carbonyl (C=O) groups is 1. The number of ether oxygens (including phenoxy) is 1. The molecule has 0 bridgehead atoms. The topological polar surface area (TPSA) is 117 Å². The Balaban J connectivity index is 1.96. The molecular weight excluding hydrogens is 352 g/mol. The van der Waals surface area contributed by atoms with Crippen LogP contribution in [0.1, 0.15) is 5.69 Å². The SMILES string of the molecule is COCCn1c(=O)c2c(-n3cc(CC(=O)O)nn3)ncn2c2ccccc21. The van der Waals surface area contributed by atoms with Gasteiger partial charge in [0.05, 0.1) is 36.0 Å². The van der Waals surface area contributed by atoms with E-state index in [-0.39, 0.29) is 17.7 Å². The Hall–Kier alpha value is -3.53.